The minimum absolute atomic E-state index is 0.115. The molecule has 2 heterocycles. The van der Waals surface area contributed by atoms with Gasteiger partial charge in [-0.1, -0.05) is 35.2 Å². The van der Waals surface area contributed by atoms with Crippen LogP contribution in [0.1, 0.15) is 50.1 Å². The normalized spacial score (nSPS) is 19.1. The highest BCUT2D eigenvalue weighted by atomic mass is 79.9. The highest BCUT2D eigenvalue weighted by molar-refractivity contribution is 9.10. The van der Waals surface area contributed by atoms with Crippen molar-refractivity contribution in [1.29, 1.82) is 0 Å². The predicted octanol–water partition coefficient (Wildman–Crippen LogP) is 4.05. The van der Waals surface area contributed by atoms with Gasteiger partial charge < -0.3 is 4.90 Å². The van der Waals surface area contributed by atoms with Crippen LogP contribution in [0.5, 0.6) is 0 Å². The van der Waals surface area contributed by atoms with Crippen LogP contribution in [-0.4, -0.2) is 23.1 Å². The third-order valence-electron chi connectivity index (χ3n) is 5.37. The number of nitrogens with zero attached hydrogens (tertiary/aromatic N) is 3. The van der Waals surface area contributed by atoms with Crippen LogP contribution in [0.15, 0.2) is 21.7 Å². The zero-order chi connectivity index (χ0) is 16.0. The molecular weight excluding hydrogens is 354 g/mol. The first-order chi connectivity index (χ1) is 11.2. The summed E-state index contributed by atoms with van der Waals surface area (Å²) in [5.74, 6) is 0. The van der Waals surface area contributed by atoms with Gasteiger partial charge in [0.05, 0.1) is 17.4 Å². The van der Waals surface area contributed by atoms with Crippen molar-refractivity contribution in [3.05, 3.63) is 32.8 Å². The number of fused-ring (bicyclic) bond motifs is 3. The molecule has 122 valence electrons. The standard InChI is InChI=1S/C18H22BrN3O/c1-21-9-5-8-13-15(19)10-14-16(17(13)21)20-11-22(18(14)23)12-6-3-2-4-7-12/h10-12H,2-9H2,1H3. The molecule has 2 aliphatic rings. The van der Waals surface area contributed by atoms with Crippen molar-refractivity contribution in [3.8, 4) is 0 Å². The number of anilines is 1. The summed E-state index contributed by atoms with van der Waals surface area (Å²) < 4.78 is 2.93. The van der Waals surface area contributed by atoms with Crippen molar-refractivity contribution in [2.75, 3.05) is 18.5 Å². The van der Waals surface area contributed by atoms with Gasteiger partial charge in [0.25, 0.3) is 5.56 Å². The first-order valence-corrected chi connectivity index (χ1v) is 9.39. The Labute approximate surface area is 144 Å². The van der Waals surface area contributed by atoms with Crippen LogP contribution in [0.25, 0.3) is 10.9 Å². The van der Waals surface area contributed by atoms with Gasteiger partial charge in [0.1, 0.15) is 5.52 Å². The van der Waals surface area contributed by atoms with E-state index < -0.39 is 0 Å². The van der Waals surface area contributed by atoms with Crippen LogP contribution in [-0.2, 0) is 6.42 Å². The molecule has 0 atom stereocenters. The van der Waals surface area contributed by atoms with Crippen molar-refractivity contribution in [3.63, 3.8) is 0 Å². The average Bonchev–Trinajstić information content (AvgIpc) is 2.57. The van der Waals surface area contributed by atoms with E-state index in [0.29, 0.717) is 6.04 Å². The molecule has 4 nitrogen and oxygen atoms in total. The van der Waals surface area contributed by atoms with E-state index in [1.165, 1.54) is 24.8 Å². The summed E-state index contributed by atoms with van der Waals surface area (Å²) in [7, 11) is 2.10. The lowest BCUT2D eigenvalue weighted by Crippen LogP contribution is -2.29. The molecule has 1 aromatic heterocycles. The van der Waals surface area contributed by atoms with Gasteiger partial charge in [0, 0.05) is 24.1 Å². The molecule has 23 heavy (non-hydrogen) atoms. The lowest BCUT2D eigenvalue weighted by Gasteiger charge is -2.30. The van der Waals surface area contributed by atoms with Gasteiger partial charge in [-0.15, -0.1) is 0 Å². The number of hydrogen-bond donors (Lipinski definition) is 0. The van der Waals surface area contributed by atoms with E-state index in [4.69, 9.17) is 4.98 Å². The second-order valence-electron chi connectivity index (χ2n) is 6.86. The van der Waals surface area contributed by atoms with Crippen LogP contribution < -0.4 is 10.5 Å². The van der Waals surface area contributed by atoms with Crippen molar-refractivity contribution in [2.45, 2.75) is 51.0 Å². The molecule has 5 heteroatoms. The Morgan fingerprint density at radius 1 is 1.22 bits per heavy atom. The van der Waals surface area contributed by atoms with Gasteiger partial charge in [-0.05, 0) is 37.3 Å². The largest absolute Gasteiger partial charge is 0.373 e. The Hall–Kier alpha value is -1.36. The summed E-state index contributed by atoms with van der Waals surface area (Å²) in [5, 5.41) is 0.748. The second kappa shape index (κ2) is 5.93. The van der Waals surface area contributed by atoms with Crippen LogP contribution in [0.3, 0.4) is 0 Å². The number of hydrogen-bond acceptors (Lipinski definition) is 3. The SMILES string of the molecule is CN1CCCc2c(Br)cc3c(=O)n(C4CCCCC4)cnc3c21. The van der Waals surface area contributed by atoms with Gasteiger partial charge in [0.2, 0.25) is 0 Å². The van der Waals surface area contributed by atoms with Crippen LogP contribution in [0, 0.1) is 0 Å². The van der Waals surface area contributed by atoms with E-state index in [0.717, 1.165) is 53.3 Å². The van der Waals surface area contributed by atoms with Gasteiger partial charge in [-0.3, -0.25) is 9.36 Å². The summed E-state index contributed by atoms with van der Waals surface area (Å²) in [4.78, 5) is 20.0. The Bertz CT molecular complexity index is 808. The Morgan fingerprint density at radius 3 is 2.78 bits per heavy atom. The molecule has 0 unspecified atom stereocenters. The first kappa shape index (κ1) is 15.2. The Kier molecular flexibility index (Phi) is 3.92. The Balaban J connectivity index is 1.92. The molecule has 1 aliphatic carbocycles. The molecular formula is C18H22BrN3O. The van der Waals surface area contributed by atoms with Crippen molar-refractivity contribution in [2.24, 2.45) is 0 Å². The fraction of sp³-hybridized carbons (Fsp3) is 0.556. The summed E-state index contributed by atoms with van der Waals surface area (Å²) in [6, 6.07) is 2.31. The quantitative estimate of drug-likeness (QED) is 0.754. The molecule has 2 aromatic rings. The van der Waals surface area contributed by atoms with Crippen molar-refractivity contribution < 1.29 is 0 Å². The maximum Gasteiger partial charge on any atom is 0.261 e. The van der Waals surface area contributed by atoms with Crippen LogP contribution in [0.2, 0.25) is 0 Å². The van der Waals surface area contributed by atoms with Crippen LogP contribution in [0.4, 0.5) is 5.69 Å². The Morgan fingerprint density at radius 2 is 2.00 bits per heavy atom. The number of benzene rings is 1. The predicted molar refractivity (Wildman–Crippen MR) is 97.4 cm³/mol. The summed E-state index contributed by atoms with van der Waals surface area (Å²) in [6.07, 6.45) is 9.89. The third-order valence-corrected chi connectivity index (χ3v) is 6.08. The van der Waals surface area contributed by atoms with E-state index >= 15 is 0 Å². The van der Waals surface area contributed by atoms with Gasteiger partial charge in [-0.25, -0.2) is 4.98 Å². The fourth-order valence-electron chi connectivity index (χ4n) is 4.14. The molecule has 0 spiro atoms. The van der Waals surface area contributed by atoms with Gasteiger partial charge in [0.15, 0.2) is 0 Å². The molecule has 4 rings (SSSR count). The maximum absolute atomic E-state index is 13.1. The maximum atomic E-state index is 13.1. The summed E-state index contributed by atoms with van der Waals surface area (Å²) in [6.45, 7) is 1.02. The highest BCUT2D eigenvalue weighted by Crippen LogP contribution is 2.37. The lowest BCUT2D eigenvalue weighted by atomic mass is 9.95. The number of halogens is 1. The molecule has 0 N–H and O–H groups in total. The number of aromatic nitrogens is 2. The lowest BCUT2D eigenvalue weighted by molar-refractivity contribution is 0.345. The van der Waals surface area contributed by atoms with E-state index in [2.05, 4.69) is 27.9 Å². The highest BCUT2D eigenvalue weighted by Gasteiger charge is 2.24. The molecule has 0 saturated heterocycles. The minimum atomic E-state index is 0.115. The molecule has 0 bridgehead atoms. The topological polar surface area (TPSA) is 38.1 Å². The molecule has 1 aromatic carbocycles. The zero-order valence-electron chi connectivity index (χ0n) is 13.5. The fourth-order valence-corrected chi connectivity index (χ4v) is 4.76. The summed E-state index contributed by atoms with van der Waals surface area (Å²) in [5.41, 5.74) is 3.40. The van der Waals surface area contributed by atoms with Gasteiger partial charge >= 0.3 is 0 Å². The third kappa shape index (κ3) is 2.49. The molecule has 1 fully saturated rings. The zero-order valence-corrected chi connectivity index (χ0v) is 15.1. The average molecular weight is 376 g/mol. The smallest absolute Gasteiger partial charge is 0.261 e. The van der Waals surface area contributed by atoms with Crippen molar-refractivity contribution in [1.82, 2.24) is 9.55 Å². The van der Waals surface area contributed by atoms with Crippen molar-refractivity contribution >= 4 is 32.5 Å². The van der Waals surface area contributed by atoms with Crippen LogP contribution >= 0.6 is 15.9 Å². The second-order valence-corrected chi connectivity index (χ2v) is 7.71. The van der Waals surface area contributed by atoms with E-state index in [1.807, 2.05) is 10.6 Å². The minimum Gasteiger partial charge on any atom is -0.373 e. The van der Waals surface area contributed by atoms with E-state index in [-0.39, 0.29) is 5.56 Å². The van der Waals surface area contributed by atoms with E-state index in [1.54, 1.807) is 6.33 Å². The molecule has 0 radical (unpaired) electrons. The monoisotopic (exact) mass is 375 g/mol. The van der Waals surface area contributed by atoms with Gasteiger partial charge in [-0.2, -0.15) is 0 Å². The molecule has 1 saturated carbocycles. The number of rotatable bonds is 1. The molecule has 0 amide bonds. The van der Waals surface area contributed by atoms with E-state index in [9.17, 15) is 4.79 Å². The molecule has 1 aliphatic heterocycles. The summed E-state index contributed by atoms with van der Waals surface area (Å²) >= 11 is 3.68. The first-order valence-electron chi connectivity index (χ1n) is 8.60.